The molecule has 0 aliphatic carbocycles. The van der Waals surface area contributed by atoms with Crippen molar-refractivity contribution in [3.63, 3.8) is 0 Å². The first kappa shape index (κ1) is 10.2. The maximum Gasteiger partial charge on any atom is 0.181 e. The van der Waals surface area contributed by atoms with Gasteiger partial charge in [0.2, 0.25) is 0 Å². The van der Waals surface area contributed by atoms with Crippen molar-refractivity contribution >= 4 is 0 Å². The van der Waals surface area contributed by atoms with Crippen LogP contribution in [0.2, 0.25) is 0 Å². The van der Waals surface area contributed by atoms with E-state index in [0.29, 0.717) is 0 Å². The second-order valence-corrected chi connectivity index (χ2v) is 2.94. The van der Waals surface area contributed by atoms with Crippen LogP contribution in [0.1, 0.15) is 23.0 Å². The Morgan fingerprint density at radius 2 is 2.15 bits per heavy atom. The van der Waals surface area contributed by atoms with Crippen LogP contribution in [0, 0.1) is 6.92 Å². The molecule has 13 heavy (non-hydrogen) atoms. The van der Waals surface area contributed by atoms with Gasteiger partial charge in [-0.05, 0) is 18.1 Å². The van der Waals surface area contributed by atoms with E-state index in [2.05, 4.69) is 0 Å². The number of hydrogen-bond donors (Lipinski definition) is 2. The number of methoxy groups -OCH3 is 1. The summed E-state index contributed by atoms with van der Waals surface area (Å²) in [5, 5.41) is 18.2. The summed E-state index contributed by atoms with van der Waals surface area (Å²) in [7, 11) is 1.45. The standard InChI is InChI=1S/C10H14O3/c1-7-5-8(6-11)3-4-9(7)10(12)13-2/h3-5,10-12H,6H2,1-2H3. The van der Waals surface area contributed by atoms with Gasteiger partial charge in [0.05, 0.1) is 6.61 Å². The molecule has 1 atom stereocenters. The minimum atomic E-state index is -0.882. The molecule has 1 unspecified atom stereocenters. The van der Waals surface area contributed by atoms with Gasteiger partial charge in [0, 0.05) is 12.7 Å². The van der Waals surface area contributed by atoms with Crippen molar-refractivity contribution in [3.8, 4) is 0 Å². The van der Waals surface area contributed by atoms with Crippen molar-refractivity contribution < 1.29 is 14.9 Å². The third-order valence-electron chi connectivity index (χ3n) is 2.01. The van der Waals surface area contributed by atoms with E-state index < -0.39 is 6.29 Å². The Hall–Kier alpha value is -0.900. The van der Waals surface area contributed by atoms with Gasteiger partial charge in [0.15, 0.2) is 6.29 Å². The average molecular weight is 182 g/mol. The van der Waals surface area contributed by atoms with Crippen LogP contribution in [0.5, 0.6) is 0 Å². The third-order valence-corrected chi connectivity index (χ3v) is 2.01. The van der Waals surface area contributed by atoms with Crippen LogP contribution in [0.4, 0.5) is 0 Å². The minimum absolute atomic E-state index is 0.0181. The van der Waals surface area contributed by atoms with Crippen molar-refractivity contribution in [3.05, 3.63) is 34.9 Å². The van der Waals surface area contributed by atoms with Crippen LogP contribution in [0.3, 0.4) is 0 Å². The van der Waals surface area contributed by atoms with Crippen molar-refractivity contribution in [2.75, 3.05) is 7.11 Å². The predicted molar refractivity (Wildman–Crippen MR) is 49.1 cm³/mol. The number of rotatable bonds is 3. The SMILES string of the molecule is COC(O)c1ccc(CO)cc1C. The Balaban J connectivity index is 2.98. The lowest BCUT2D eigenvalue weighted by Crippen LogP contribution is -2.02. The zero-order chi connectivity index (χ0) is 9.84. The lowest BCUT2D eigenvalue weighted by Gasteiger charge is -2.12. The van der Waals surface area contributed by atoms with Crippen molar-refractivity contribution in [1.29, 1.82) is 0 Å². The van der Waals surface area contributed by atoms with Crippen LogP contribution in [0.25, 0.3) is 0 Å². The Morgan fingerprint density at radius 1 is 1.46 bits per heavy atom. The number of aryl methyl sites for hydroxylation is 1. The maximum absolute atomic E-state index is 9.39. The Kier molecular flexibility index (Phi) is 3.42. The largest absolute Gasteiger partial charge is 0.392 e. The number of benzene rings is 1. The van der Waals surface area contributed by atoms with E-state index in [-0.39, 0.29) is 6.61 Å². The Bertz CT molecular complexity index is 283. The van der Waals surface area contributed by atoms with E-state index in [1.807, 2.05) is 13.0 Å². The second-order valence-electron chi connectivity index (χ2n) is 2.94. The lowest BCUT2D eigenvalue weighted by molar-refractivity contribution is -0.0773. The van der Waals surface area contributed by atoms with E-state index >= 15 is 0 Å². The van der Waals surface area contributed by atoms with Gasteiger partial charge >= 0.3 is 0 Å². The molecule has 0 aliphatic rings. The van der Waals surface area contributed by atoms with E-state index in [1.54, 1.807) is 12.1 Å². The van der Waals surface area contributed by atoms with E-state index in [9.17, 15) is 5.11 Å². The number of aliphatic hydroxyl groups excluding tert-OH is 2. The molecule has 0 spiro atoms. The summed E-state index contributed by atoms with van der Waals surface area (Å²) >= 11 is 0. The highest BCUT2D eigenvalue weighted by atomic mass is 16.6. The number of hydrogen-bond acceptors (Lipinski definition) is 3. The summed E-state index contributed by atoms with van der Waals surface area (Å²) in [6.45, 7) is 1.89. The summed E-state index contributed by atoms with van der Waals surface area (Å²) in [5.74, 6) is 0. The molecule has 3 nitrogen and oxygen atoms in total. The van der Waals surface area contributed by atoms with Crippen molar-refractivity contribution in [2.24, 2.45) is 0 Å². The van der Waals surface area contributed by atoms with Crippen LogP contribution >= 0.6 is 0 Å². The van der Waals surface area contributed by atoms with Gasteiger partial charge < -0.3 is 14.9 Å². The molecule has 1 rings (SSSR count). The molecule has 0 fully saturated rings. The van der Waals surface area contributed by atoms with Gasteiger partial charge in [0.1, 0.15) is 0 Å². The predicted octanol–water partition coefficient (Wildman–Crippen LogP) is 1.12. The molecule has 0 saturated carbocycles. The van der Waals surface area contributed by atoms with Gasteiger partial charge in [-0.2, -0.15) is 0 Å². The summed E-state index contributed by atoms with van der Waals surface area (Å²) < 4.78 is 4.78. The number of aliphatic hydroxyl groups is 2. The van der Waals surface area contributed by atoms with E-state index in [4.69, 9.17) is 9.84 Å². The van der Waals surface area contributed by atoms with Crippen LogP contribution in [-0.4, -0.2) is 17.3 Å². The smallest absolute Gasteiger partial charge is 0.181 e. The first-order valence-corrected chi connectivity index (χ1v) is 4.10. The van der Waals surface area contributed by atoms with Gasteiger partial charge in [-0.1, -0.05) is 18.2 Å². The van der Waals surface area contributed by atoms with E-state index in [1.165, 1.54) is 7.11 Å². The highest BCUT2D eigenvalue weighted by Gasteiger charge is 2.08. The molecule has 1 aromatic rings. The highest BCUT2D eigenvalue weighted by molar-refractivity contribution is 5.31. The molecule has 1 aromatic carbocycles. The fourth-order valence-corrected chi connectivity index (χ4v) is 1.24. The fraction of sp³-hybridized carbons (Fsp3) is 0.400. The first-order chi connectivity index (χ1) is 6.19. The summed E-state index contributed by atoms with van der Waals surface area (Å²) in [4.78, 5) is 0. The summed E-state index contributed by atoms with van der Waals surface area (Å²) in [6.07, 6.45) is -0.882. The fourth-order valence-electron chi connectivity index (χ4n) is 1.24. The van der Waals surface area contributed by atoms with Crippen molar-refractivity contribution in [1.82, 2.24) is 0 Å². The topological polar surface area (TPSA) is 49.7 Å². The van der Waals surface area contributed by atoms with Crippen LogP contribution in [0.15, 0.2) is 18.2 Å². The van der Waals surface area contributed by atoms with Crippen molar-refractivity contribution in [2.45, 2.75) is 19.8 Å². The van der Waals surface area contributed by atoms with Crippen LogP contribution < -0.4 is 0 Å². The molecule has 0 saturated heterocycles. The Morgan fingerprint density at radius 3 is 2.62 bits per heavy atom. The first-order valence-electron chi connectivity index (χ1n) is 4.10. The zero-order valence-electron chi connectivity index (χ0n) is 7.82. The van der Waals surface area contributed by atoms with Gasteiger partial charge in [0.25, 0.3) is 0 Å². The summed E-state index contributed by atoms with van der Waals surface area (Å²) in [5.41, 5.74) is 2.49. The molecule has 72 valence electrons. The third kappa shape index (κ3) is 2.28. The molecule has 0 aliphatic heterocycles. The summed E-state index contributed by atoms with van der Waals surface area (Å²) in [6, 6.07) is 5.36. The maximum atomic E-state index is 9.39. The highest BCUT2D eigenvalue weighted by Crippen LogP contribution is 2.19. The van der Waals surface area contributed by atoms with E-state index in [0.717, 1.165) is 16.7 Å². The quantitative estimate of drug-likeness (QED) is 0.689. The molecule has 0 bridgehead atoms. The van der Waals surface area contributed by atoms with Gasteiger partial charge in [-0.15, -0.1) is 0 Å². The number of ether oxygens (including phenoxy) is 1. The van der Waals surface area contributed by atoms with Gasteiger partial charge in [-0.3, -0.25) is 0 Å². The van der Waals surface area contributed by atoms with Gasteiger partial charge in [-0.25, -0.2) is 0 Å². The van der Waals surface area contributed by atoms with Crippen LogP contribution in [-0.2, 0) is 11.3 Å². The molecule has 3 heteroatoms. The monoisotopic (exact) mass is 182 g/mol. The Labute approximate surface area is 77.6 Å². The molecule has 0 amide bonds. The average Bonchev–Trinajstić information content (AvgIpc) is 2.16. The molecule has 2 N–H and O–H groups in total. The lowest BCUT2D eigenvalue weighted by atomic mass is 10.1. The second kappa shape index (κ2) is 4.37. The molecular formula is C10H14O3. The molecular weight excluding hydrogens is 168 g/mol. The molecule has 0 aromatic heterocycles. The normalized spacial score (nSPS) is 12.9. The molecule has 0 radical (unpaired) electrons. The molecule has 0 heterocycles. The minimum Gasteiger partial charge on any atom is -0.392 e. The zero-order valence-corrected chi connectivity index (χ0v) is 7.82.